The molecule has 1 saturated carbocycles. The fourth-order valence-electron chi connectivity index (χ4n) is 3.59. The van der Waals surface area contributed by atoms with Gasteiger partial charge in [-0.15, -0.1) is 0 Å². The van der Waals surface area contributed by atoms with Crippen molar-refractivity contribution >= 4 is 23.5 Å². The van der Waals surface area contributed by atoms with E-state index in [-0.39, 0.29) is 23.3 Å². The zero-order valence-corrected chi connectivity index (χ0v) is 15.1. The zero-order valence-electron chi connectivity index (χ0n) is 15.1. The number of rotatable bonds is 2. The van der Waals surface area contributed by atoms with Gasteiger partial charge in [0, 0.05) is 11.6 Å². The van der Waals surface area contributed by atoms with E-state index in [1.807, 2.05) is 20.8 Å². The topological polar surface area (TPSA) is 107 Å². The summed E-state index contributed by atoms with van der Waals surface area (Å²) in [7, 11) is 0. The lowest BCUT2D eigenvalue weighted by Crippen LogP contribution is -2.68. The Kier molecular flexibility index (Phi) is 4.09. The Morgan fingerprint density at radius 1 is 1.32 bits per heavy atom. The second-order valence-corrected chi connectivity index (χ2v) is 8.00. The summed E-state index contributed by atoms with van der Waals surface area (Å²) in [4.78, 5) is 40.8. The van der Waals surface area contributed by atoms with E-state index in [1.165, 1.54) is 18.0 Å². The predicted octanol–water partition coefficient (Wildman–Crippen LogP) is 1.42. The lowest BCUT2D eigenvalue weighted by molar-refractivity contribution is -0.143. The molecule has 1 aliphatic heterocycles. The van der Waals surface area contributed by atoms with Gasteiger partial charge in [0.2, 0.25) is 0 Å². The summed E-state index contributed by atoms with van der Waals surface area (Å²) < 4.78 is 0. The van der Waals surface area contributed by atoms with E-state index in [1.54, 1.807) is 0 Å². The number of aromatic nitrogens is 2. The number of anilines is 1. The van der Waals surface area contributed by atoms with Crippen molar-refractivity contribution in [2.45, 2.75) is 70.5 Å². The highest BCUT2D eigenvalue weighted by Gasteiger charge is 2.54. The molecule has 3 rings (SSSR count). The van der Waals surface area contributed by atoms with Crippen LogP contribution in [0, 0.1) is 0 Å². The van der Waals surface area contributed by atoms with Gasteiger partial charge in [0.05, 0.1) is 6.20 Å². The molecule has 2 heterocycles. The molecule has 2 aliphatic rings. The maximum atomic E-state index is 13.2. The second-order valence-electron chi connectivity index (χ2n) is 8.00. The Labute approximate surface area is 146 Å². The van der Waals surface area contributed by atoms with E-state index in [0.29, 0.717) is 0 Å². The molecule has 0 bridgehead atoms. The lowest BCUT2D eigenvalue weighted by Gasteiger charge is -2.42. The van der Waals surface area contributed by atoms with Gasteiger partial charge in [-0.3, -0.25) is 19.5 Å². The van der Waals surface area contributed by atoms with Crippen LogP contribution in [-0.2, 0) is 9.59 Å². The van der Waals surface area contributed by atoms with Crippen molar-refractivity contribution in [3.05, 3.63) is 11.8 Å². The molecule has 3 N–H and O–H groups in total. The van der Waals surface area contributed by atoms with Gasteiger partial charge in [0.25, 0.3) is 17.7 Å². The number of amides is 3. The van der Waals surface area contributed by atoms with Crippen molar-refractivity contribution < 1.29 is 14.4 Å². The first kappa shape index (κ1) is 17.4. The normalized spacial score (nSPS) is 24.7. The smallest absolute Gasteiger partial charge is 0.261 e. The molecule has 1 atom stereocenters. The fraction of sp³-hybridized carbons (Fsp3) is 0.647. The average Bonchev–Trinajstić information content (AvgIpc) is 3.15. The summed E-state index contributed by atoms with van der Waals surface area (Å²) in [5.41, 5.74) is -1.86. The minimum atomic E-state index is -1.63. The third-order valence-electron chi connectivity index (χ3n) is 4.87. The molecule has 136 valence electrons. The average molecular weight is 347 g/mol. The third kappa shape index (κ3) is 2.89. The molecule has 1 fully saturated rings. The maximum absolute atomic E-state index is 13.2. The number of nitrogens with one attached hydrogen (secondary N) is 3. The van der Waals surface area contributed by atoms with Crippen LogP contribution < -0.4 is 10.6 Å². The predicted molar refractivity (Wildman–Crippen MR) is 91.9 cm³/mol. The highest BCUT2D eigenvalue weighted by Crippen LogP contribution is 2.35. The number of aromatic amines is 1. The Balaban J connectivity index is 2.09. The summed E-state index contributed by atoms with van der Waals surface area (Å²) >= 11 is 0. The van der Waals surface area contributed by atoms with Crippen molar-refractivity contribution in [3.8, 4) is 0 Å². The van der Waals surface area contributed by atoms with E-state index >= 15 is 0 Å². The number of fused-ring (bicyclic) bond motifs is 1. The van der Waals surface area contributed by atoms with Gasteiger partial charge in [0.15, 0.2) is 5.54 Å². The van der Waals surface area contributed by atoms with Crippen molar-refractivity contribution in [2.24, 2.45) is 0 Å². The van der Waals surface area contributed by atoms with Crippen LogP contribution >= 0.6 is 0 Å². The molecule has 1 aromatic rings. The molecule has 0 aromatic carbocycles. The molecule has 3 amide bonds. The van der Waals surface area contributed by atoms with Crippen LogP contribution in [-0.4, -0.2) is 49.9 Å². The Hall–Kier alpha value is -2.38. The van der Waals surface area contributed by atoms with Crippen LogP contribution in [0.2, 0.25) is 0 Å². The summed E-state index contributed by atoms with van der Waals surface area (Å²) in [5, 5.41) is 12.0. The molecule has 8 nitrogen and oxygen atoms in total. The molecule has 25 heavy (non-hydrogen) atoms. The highest BCUT2D eigenvalue weighted by atomic mass is 16.2. The summed E-state index contributed by atoms with van der Waals surface area (Å²) in [6.45, 7) is 7.06. The van der Waals surface area contributed by atoms with Crippen LogP contribution in [0.15, 0.2) is 6.20 Å². The van der Waals surface area contributed by atoms with E-state index in [2.05, 4.69) is 20.8 Å². The summed E-state index contributed by atoms with van der Waals surface area (Å²) in [5.74, 6) is -1.11. The van der Waals surface area contributed by atoms with Crippen molar-refractivity contribution in [1.82, 2.24) is 20.4 Å². The molecule has 1 unspecified atom stereocenters. The van der Waals surface area contributed by atoms with Crippen LogP contribution in [0.3, 0.4) is 0 Å². The van der Waals surface area contributed by atoms with Crippen LogP contribution in [0.25, 0.3) is 0 Å². The van der Waals surface area contributed by atoms with Gasteiger partial charge in [0.1, 0.15) is 11.4 Å². The van der Waals surface area contributed by atoms with Crippen LogP contribution in [0.1, 0.15) is 63.7 Å². The van der Waals surface area contributed by atoms with Gasteiger partial charge in [-0.2, -0.15) is 5.10 Å². The van der Waals surface area contributed by atoms with Crippen LogP contribution in [0.5, 0.6) is 0 Å². The standard InChI is InChI=1S/C17H25N5O3/c1-16(2,3)20-15(25)17(4)14(24)19-12-11(9-18-21-12)13(23)22(17)10-7-5-6-8-10/h9-10H,5-8H2,1-4H3,(H,20,25)(H2,18,19,21,24). The van der Waals surface area contributed by atoms with E-state index in [4.69, 9.17) is 0 Å². The van der Waals surface area contributed by atoms with Gasteiger partial charge >= 0.3 is 0 Å². The molecule has 0 radical (unpaired) electrons. The van der Waals surface area contributed by atoms with E-state index in [0.717, 1.165) is 25.7 Å². The quantitative estimate of drug-likeness (QED) is 0.703. The Bertz CT molecular complexity index is 714. The van der Waals surface area contributed by atoms with Gasteiger partial charge in [-0.05, 0) is 40.5 Å². The molecular weight excluding hydrogens is 322 g/mol. The molecular formula is C17H25N5O3. The first-order valence-electron chi connectivity index (χ1n) is 8.65. The number of nitrogens with zero attached hydrogens (tertiary/aromatic N) is 2. The van der Waals surface area contributed by atoms with Crippen LogP contribution in [0.4, 0.5) is 5.82 Å². The summed E-state index contributed by atoms with van der Waals surface area (Å²) in [6, 6.07) is -0.144. The summed E-state index contributed by atoms with van der Waals surface area (Å²) in [6.07, 6.45) is 4.92. The van der Waals surface area contributed by atoms with E-state index in [9.17, 15) is 14.4 Å². The third-order valence-corrected chi connectivity index (χ3v) is 4.87. The van der Waals surface area contributed by atoms with Crippen molar-refractivity contribution in [2.75, 3.05) is 5.32 Å². The molecule has 1 aromatic heterocycles. The first-order chi connectivity index (χ1) is 11.6. The molecule has 0 saturated heterocycles. The van der Waals surface area contributed by atoms with Gasteiger partial charge < -0.3 is 15.5 Å². The Morgan fingerprint density at radius 2 is 1.96 bits per heavy atom. The fourth-order valence-corrected chi connectivity index (χ4v) is 3.59. The van der Waals surface area contributed by atoms with Gasteiger partial charge in [-0.1, -0.05) is 12.8 Å². The first-order valence-corrected chi connectivity index (χ1v) is 8.65. The molecule has 1 aliphatic carbocycles. The SMILES string of the molecule is CC(C)(C)NC(=O)C1(C)C(=O)Nc2[nH]ncc2C(=O)N1C1CCCC1. The number of H-pyrrole nitrogens is 1. The number of carbonyl (C=O) groups excluding carboxylic acids is 3. The largest absolute Gasteiger partial charge is 0.349 e. The molecule has 8 heteroatoms. The second kappa shape index (κ2) is 5.86. The number of hydrogen-bond acceptors (Lipinski definition) is 4. The number of hydrogen-bond donors (Lipinski definition) is 3. The van der Waals surface area contributed by atoms with Crippen molar-refractivity contribution in [3.63, 3.8) is 0 Å². The van der Waals surface area contributed by atoms with Crippen molar-refractivity contribution in [1.29, 1.82) is 0 Å². The minimum absolute atomic E-state index is 0.144. The zero-order chi connectivity index (χ0) is 18.4. The Morgan fingerprint density at radius 3 is 2.56 bits per heavy atom. The molecule has 0 spiro atoms. The monoisotopic (exact) mass is 347 g/mol. The van der Waals surface area contributed by atoms with E-state index < -0.39 is 22.9 Å². The van der Waals surface area contributed by atoms with Gasteiger partial charge in [-0.25, -0.2) is 0 Å². The highest BCUT2D eigenvalue weighted by molar-refractivity contribution is 6.20. The minimum Gasteiger partial charge on any atom is -0.349 e. The maximum Gasteiger partial charge on any atom is 0.261 e. The number of carbonyl (C=O) groups is 3. The lowest BCUT2D eigenvalue weighted by atomic mass is 9.92.